The van der Waals surface area contributed by atoms with Crippen LogP contribution in [0, 0.1) is 24.7 Å². The number of hydrogen-bond acceptors (Lipinski definition) is 2. The first-order valence-corrected chi connectivity index (χ1v) is 4.45. The topological polar surface area (TPSA) is 29.5 Å². The number of ether oxygens (including phenoxy) is 1. The standard InChI is InChI=1S/C9H16BO2.Y/c1-6-3-9(11)8(7(6)2)4-12-5-10;/h6-9,11H,2-5H2,1H3;/q-1;. The summed E-state index contributed by atoms with van der Waals surface area (Å²) in [5.41, 5.74) is 0. The van der Waals surface area contributed by atoms with E-state index in [1.165, 1.54) is 0 Å². The molecule has 71 valence electrons. The average Bonchev–Trinajstić information content (AvgIpc) is 2.25. The molecule has 13 heavy (non-hydrogen) atoms. The van der Waals surface area contributed by atoms with Gasteiger partial charge in [0.05, 0.1) is 6.10 Å². The van der Waals surface area contributed by atoms with Gasteiger partial charge in [-0.15, -0.1) is 0 Å². The summed E-state index contributed by atoms with van der Waals surface area (Å²) in [5.74, 6) is 0.960. The van der Waals surface area contributed by atoms with Gasteiger partial charge in [0.25, 0.3) is 0 Å². The number of rotatable bonds is 3. The van der Waals surface area contributed by atoms with Gasteiger partial charge >= 0.3 is 0 Å². The molecule has 0 saturated heterocycles. The van der Waals surface area contributed by atoms with E-state index in [-0.39, 0.29) is 51.2 Å². The van der Waals surface area contributed by atoms with Crippen molar-refractivity contribution in [2.45, 2.75) is 19.4 Å². The molecule has 1 rings (SSSR count). The molecule has 1 fully saturated rings. The summed E-state index contributed by atoms with van der Waals surface area (Å²) in [7, 11) is 5.21. The number of hydrogen-bond donors (Lipinski definition) is 1. The second kappa shape index (κ2) is 6.55. The van der Waals surface area contributed by atoms with Crippen LogP contribution >= 0.6 is 0 Å². The molecule has 0 amide bonds. The van der Waals surface area contributed by atoms with Crippen LogP contribution in [0.4, 0.5) is 0 Å². The molecule has 1 aliphatic carbocycles. The van der Waals surface area contributed by atoms with Crippen molar-refractivity contribution < 1.29 is 42.6 Å². The summed E-state index contributed by atoms with van der Waals surface area (Å²) in [6.07, 6.45) is 0.585. The molecule has 0 heterocycles. The monoisotopic (exact) mass is 256 g/mol. The maximum Gasteiger partial charge on any atom is 0.104 e. The van der Waals surface area contributed by atoms with Crippen molar-refractivity contribution >= 4 is 7.85 Å². The minimum atomic E-state index is -0.256. The Morgan fingerprint density at radius 2 is 2.23 bits per heavy atom. The molecule has 0 aromatic carbocycles. The minimum Gasteiger partial charge on any atom is -0.393 e. The SMILES string of the molecule is [B]COCC1C(O)CC(C)C1[CH2-].[Y]. The molecule has 4 atom stereocenters. The quantitative estimate of drug-likeness (QED) is 0.591. The van der Waals surface area contributed by atoms with Crippen LogP contribution in [0.15, 0.2) is 0 Å². The summed E-state index contributed by atoms with van der Waals surface area (Å²) in [4.78, 5) is 0. The fourth-order valence-corrected chi connectivity index (χ4v) is 1.88. The summed E-state index contributed by atoms with van der Waals surface area (Å²) in [6.45, 7) is 6.90. The Morgan fingerprint density at radius 1 is 1.62 bits per heavy atom. The van der Waals surface area contributed by atoms with Gasteiger partial charge in [0.2, 0.25) is 0 Å². The van der Waals surface area contributed by atoms with Gasteiger partial charge in [-0.05, 0) is 12.3 Å². The maximum absolute atomic E-state index is 9.60. The molecule has 0 aromatic heterocycles. The summed E-state index contributed by atoms with van der Waals surface area (Å²) in [5, 5.41) is 9.60. The van der Waals surface area contributed by atoms with Gasteiger partial charge in [-0.3, -0.25) is 0 Å². The summed E-state index contributed by atoms with van der Waals surface area (Å²) < 4.78 is 5.08. The molecule has 1 aliphatic rings. The minimum absolute atomic E-state index is 0. The van der Waals surface area contributed by atoms with Crippen LogP contribution in [0.2, 0.25) is 0 Å². The smallest absolute Gasteiger partial charge is 0.104 e. The molecule has 0 bridgehead atoms. The van der Waals surface area contributed by atoms with E-state index in [0.29, 0.717) is 18.4 Å². The molecule has 3 radical (unpaired) electrons. The molecular formula is C9H16BO2Y-. The van der Waals surface area contributed by atoms with Crippen LogP contribution < -0.4 is 0 Å². The predicted molar refractivity (Wildman–Crippen MR) is 48.7 cm³/mol. The van der Waals surface area contributed by atoms with Crippen molar-refractivity contribution in [3.05, 3.63) is 6.92 Å². The van der Waals surface area contributed by atoms with Crippen LogP contribution in [0.5, 0.6) is 0 Å². The van der Waals surface area contributed by atoms with Crippen molar-refractivity contribution in [2.24, 2.45) is 17.8 Å². The van der Waals surface area contributed by atoms with Gasteiger partial charge in [0.15, 0.2) is 0 Å². The van der Waals surface area contributed by atoms with Crippen molar-refractivity contribution in [2.75, 3.05) is 13.1 Å². The van der Waals surface area contributed by atoms with Gasteiger partial charge in [0, 0.05) is 45.8 Å². The molecule has 0 spiro atoms. The Labute approximate surface area is 107 Å². The zero-order valence-corrected chi connectivity index (χ0v) is 11.0. The Morgan fingerprint density at radius 3 is 2.62 bits per heavy atom. The van der Waals surface area contributed by atoms with E-state index in [1.54, 1.807) is 0 Å². The fraction of sp³-hybridized carbons (Fsp3) is 0.889. The van der Waals surface area contributed by atoms with Crippen molar-refractivity contribution in [3.63, 3.8) is 0 Å². The van der Waals surface area contributed by atoms with Gasteiger partial charge in [-0.25, -0.2) is 0 Å². The third kappa shape index (κ3) is 3.62. The van der Waals surface area contributed by atoms with Gasteiger partial charge < -0.3 is 16.8 Å². The Bertz CT molecular complexity index is 146. The fourth-order valence-electron chi connectivity index (χ4n) is 1.88. The zero-order chi connectivity index (χ0) is 9.14. The second-order valence-corrected chi connectivity index (χ2v) is 3.65. The van der Waals surface area contributed by atoms with E-state index >= 15 is 0 Å². The van der Waals surface area contributed by atoms with Gasteiger partial charge in [-0.2, -0.15) is 5.92 Å². The second-order valence-electron chi connectivity index (χ2n) is 3.65. The third-order valence-corrected chi connectivity index (χ3v) is 2.82. The normalized spacial score (nSPS) is 38.7. The Balaban J connectivity index is 0.00000144. The van der Waals surface area contributed by atoms with Gasteiger partial charge in [-0.1, -0.05) is 12.8 Å². The molecular weight excluding hydrogens is 240 g/mol. The van der Waals surface area contributed by atoms with Crippen LogP contribution in [0.1, 0.15) is 13.3 Å². The van der Waals surface area contributed by atoms with Crippen LogP contribution in [0.3, 0.4) is 0 Å². The summed E-state index contributed by atoms with van der Waals surface area (Å²) >= 11 is 0. The van der Waals surface area contributed by atoms with Crippen LogP contribution in [-0.4, -0.2) is 32.2 Å². The predicted octanol–water partition coefficient (Wildman–Crippen LogP) is 0.594. The van der Waals surface area contributed by atoms with Gasteiger partial charge in [0.1, 0.15) is 7.85 Å². The van der Waals surface area contributed by atoms with E-state index in [0.717, 1.165) is 6.42 Å². The van der Waals surface area contributed by atoms with E-state index in [1.807, 2.05) is 0 Å². The van der Waals surface area contributed by atoms with E-state index in [4.69, 9.17) is 12.6 Å². The van der Waals surface area contributed by atoms with Crippen molar-refractivity contribution in [1.29, 1.82) is 0 Å². The Kier molecular flexibility index (Phi) is 7.10. The van der Waals surface area contributed by atoms with E-state index in [2.05, 4.69) is 13.8 Å². The number of aliphatic hydroxyl groups excluding tert-OH is 1. The molecule has 1 saturated carbocycles. The maximum atomic E-state index is 9.60. The third-order valence-electron chi connectivity index (χ3n) is 2.82. The molecule has 0 aromatic rings. The van der Waals surface area contributed by atoms with Crippen molar-refractivity contribution in [3.8, 4) is 0 Å². The van der Waals surface area contributed by atoms with Crippen LogP contribution in [-0.2, 0) is 37.4 Å². The largest absolute Gasteiger partial charge is 0.393 e. The zero-order valence-electron chi connectivity index (χ0n) is 8.15. The molecule has 4 unspecified atom stereocenters. The molecule has 0 aliphatic heterocycles. The first-order chi connectivity index (χ1) is 5.66. The first kappa shape index (κ1) is 14.1. The summed E-state index contributed by atoms with van der Waals surface area (Å²) in [6, 6.07) is 0. The number of aliphatic hydroxyl groups is 1. The molecule has 2 nitrogen and oxygen atoms in total. The van der Waals surface area contributed by atoms with E-state index < -0.39 is 0 Å². The first-order valence-electron chi connectivity index (χ1n) is 4.45. The molecule has 1 N–H and O–H groups in total. The molecule has 4 heteroatoms. The average molecular weight is 256 g/mol. The Hall–Kier alpha value is 1.09. The van der Waals surface area contributed by atoms with Crippen LogP contribution in [0.25, 0.3) is 0 Å². The van der Waals surface area contributed by atoms with Crippen molar-refractivity contribution in [1.82, 2.24) is 0 Å². The van der Waals surface area contributed by atoms with E-state index in [9.17, 15) is 5.11 Å².